The Morgan fingerprint density at radius 3 is 2.35 bits per heavy atom. The van der Waals surface area contributed by atoms with Crippen LogP contribution in [0.25, 0.3) is 0 Å². The van der Waals surface area contributed by atoms with Crippen LogP contribution in [0.5, 0.6) is 0 Å². The largest absolute Gasteiger partial charge is 0.479 e. The molecule has 1 amide bonds. The van der Waals surface area contributed by atoms with Gasteiger partial charge in [0.15, 0.2) is 0 Å². The zero-order valence-corrected chi connectivity index (χ0v) is 13.2. The number of carbonyl (C=O) groups is 2. The van der Waals surface area contributed by atoms with Crippen molar-refractivity contribution in [3.05, 3.63) is 39.4 Å². The summed E-state index contributed by atoms with van der Waals surface area (Å²) in [5, 5.41) is 20.4. The lowest BCUT2D eigenvalue weighted by atomic mass is 9.80. The predicted molar refractivity (Wildman–Crippen MR) is 83.4 cm³/mol. The van der Waals surface area contributed by atoms with Gasteiger partial charge in [0, 0.05) is 24.7 Å². The van der Waals surface area contributed by atoms with E-state index in [1.807, 2.05) is 0 Å². The summed E-state index contributed by atoms with van der Waals surface area (Å²) in [6.45, 7) is 1.61. The Balaban J connectivity index is 2.35. The highest BCUT2D eigenvalue weighted by Gasteiger charge is 2.45. The first-order valence-corrected chi connectivity index (χ1v) is 7.56. The molecule has 1 aromatic rings. The van der Waals surface area contributed by atoms with E-state index in [4.69, 9.17) is 0 Å². The number of nitro groups is 1. The molecule has 1 saturated carbocycles. The molecule has 0 aliphatic heterocycles. The van der Waals surface area contributed by atoms with Gasteiger partial charge in [0.05, 0.1) is 4.92 Å². The lowest BCUT2D eigenvalue weighted by Crippen LogP contribution is -2.56. The number of carbonyl (C=O) groups excluding carboxylic acids is 1. The third-order valence-electron chi connectivity index (χ3n) is 4.68. The highest BCUT2D eigenvalue weighted by Crippen LogP contribution is 2.34. The van der Waals surface area contributed by atoms with E-state index < -0.39 is 22.3 Å². The smallest absolute Gasteiger partial charge is 0.329 e. The van der Waals surface area contributed by atoms with Crippen LogP contribution in [0.15, 0.2) is 18.2 Å². The predicted octanol–water partition coefficient (Wildman–Crippen LogP) is 2.76. The molecule has 1 fully saturated rings. The van der Waals surface area contributed by atoms with Crippen molar-refractivity contribution in [1.29, 1.82) is 0 Å². The molecule has 7 nitrogen and oxygen atoms in total. The Labute approximate surface area is 134 Å². The summed E-state index contributed by atoms with van der Waals surface area (Å²) in [5.74, 6) is -1.41. The molecule has 0 heterocycles. The van der Waals surface area contributed by atoms with Crippen molar-refractivity contribution in [2.45, 2.75) is 44.6 Å². The lowest BCUT2D eigenvalue weighted by molar-refractivity contribution is -0.384. The minimum absolute atomic E-state index is 0.0904. The molecule has 23 heavy (non-hydrogen) atoms. The van der Waals surface area contributed by atoms with E-state index >= 15 is 0 Å². The SMILES string of the molecule is Cc1cc([N+](=O)[O-])ccc1C(=O)N(C)C1(C(=O)O)CCCCC1. The maximum atomic E-state index is 12.7. The normalized spacial score (nSPS) is 16.6. The fourth-order valence-corrected chi connectivity index (χ4v) is 3.21. The monoisotopic (exact) mass is 320 g/mol. The minimum atomic E-state index is -1.19. The van der Waals surface area contributed by atoms with Gasteiger partial charge in [-0.15, -0.1) is 0 Å². The third-order valence-corrected chi connectivity index (χ3v) is 4.68. The summed E-state index contributed by atoms with van der Waals surface area (Å²) in [4.78, 5) is 36.1. The van der Waals surface area contributed by atoms with Crippen molar-refractivity contribution in [2.24, 2.45) is 0 Å². The number of amides is 1. The average Bonchev–Trinajstić information content (AvgIpc) is 2.53. The molecule has 0 aromatic heterocycles. The van der Waals surface area contributed by atoms with Crippen molar-refractivity contribution >= 4 is 17.6 Å². The summed E-state index contributed by atoms with van der Waals surface area (Å²) >= 11 is 0. The van der Waals surface area contributed by atoms with Crippen LogP contribution in [0.1, 0.15) is 48.0 Å². The number of rotatable bonds is 4. The number of carboxylic acid groups (broad SMARTS) is 1. The van der Waals surface area contributed by atoms with Crippen LogP contribution in [0.3, 0.4) is 0 Å². The van der Waals surface area contributed by atoms with Crippen molar-refractivity contribution in [3.63, 3.8) is 0 Å². The van der Waals surface area contributed by atoms with Crippen LogP contribution < -0.4 is 0 Å². The molecule has 124 valence electrons. The lowest BCUT2D eigenvalue weighted by Gasteiger charge is -2.41. The average molecular weight is 320 g/mol. The molecule has 0 spiro atoms. The first-order chi connectivity index (χ1) is 10.8. The second kappa shape index (κ2) is 6.36. The van der Waals surface area contributed by atoms with Gasteiger partial charge in [-0.3, -0.25) is 14.9 Å². The molecule has 0 bridgehead atoms. The number of benzene rings is 1. The number of likely N-dealkylation sites (N-methyl/N-ethyl adjacent to an activating group) is 1. The zero-order chi connectivity index (χ0) is 17.2. The fourth-order valence-electron chi connectivity index (χ4n) is 3.21. The summed E-state index contributed by atoms with van der Waals surface area (Å²) in [6, 6.07) is 3.99. The molecule has 1 aromatic carbocycles. The van der Waals surface area contributed by atoms with Gasteiger partial charge in [-0.1, -0.05) is 19.3 Å². The standard InChI is InChI=1S/C16H20N2O5/c1-11-10-12(18(22)23)6-7-13(11)14(19)17(2)16(15(20)21)8-4-3-5-9-16/h6-7,10H,3-5,8-9H2,1-2H3,(H,20,21). The topological polar surface area (TPSA) is 101 Å². The van der Waals surface area contributed by atoms with Crippen LogP contribution in [-0.4, -0.2) is 39.4 Å². The Hall–Kier alpha value is -2.44. The van der Waals surface area contributed by atoms with E-state index in [9.17, 15) is 24.8 Å². The number of carboxylic acids is 1. The van der Waals surface area contributed by atoms with Crippen LogP contribution in [0.2, 0.25) is 0 Å². The molecule has 2 rings (SSSR count). The highest BCUT2D eigenvalue weighted by molar-refractivity contribution is 5.99. The second-order valence-corrected chi connectivity index (χ2v) is 6.02. The summed E-state index contributed by atoms with van der Waals surface area (Å²) in [6.07, 6.45) is 3.35. The van der Waals surface area contributed by atoms with E-state index in [2.05, 4.69) is 0 Å². The summed E-state index contributed by atoms with van der Waals surface area (Å²) in [5.41, 5.74) is -0.521. The molecule has 0 radical (unpaired) electrons. The molecular formula is C16H20N2O5. The maximum Gasteiger partial charge on any atom is 0.329 e. The first kappa shape index (κ1) is 16.9. The number of non-ortho nitro benzene ring substituents is 1. The second-order valence-electron chi connectivity index (χ2n) is 6.02. The first-order valence-electron chi connectivity index (χ1n) is 7.56. The number of aryl methyl sites for hydroxylation is 1. The van der Waals surface area contributed by atoms with Crippen LogP contribution in [0.4, 0.5) is 5.69 Å². The summed E-state index contributed by atoms with van der Waals surface area (Å²) < 4.78 is 0. The van der Waals surface area contributed by atoms with Crippen molar-refractivity contribution in [3.8, 4) is 0 Å². The molecule has 7 heteroatoms. The zero-order valence-electron chi connectivity index (χ0n) is 13.2. The van der Waals surface area contributed by atoms with E-state index in [1.165, 1.54) is 30.1 Å². The van der Waals surface area contributed by atoms with Gasteiger partial charge in [-0.25, -0.2) is 4.79 Å². The number of hydrogen-bond acceptors (Lipinski definition) is 4. The van der Waals surface area contributed by atoms with E-state index in [0.717, 1.165) is 19.3 Å². The van der Waals surface area contributed by atoms with Gasteiger partial charge in [-0.2, -0.15) is 0 Å². The Kier molecular flexibility index (Phi) is 4.68. The van der Waals surface area contributed by atoms with E-state index in [1.54, 1.807) is 6.92 Å². The number of nitro benzene ring substituents is 1. The molecule has 1 aliphatic rings. The van der Waals surface area contributed by atoms with Crippen molar-refractivity contribution in [1.82, 2.24) is 4.90 Å². The quantitative estimate of drug-likeness (QED) is 0.679. The highest BCUT2D eigenvalue weighted by atomic mass is 16.6. The Morgan fingerprint density at radius 1 is 1.26 bits per heavy atom. The third kappa shape index (κ3) is 3.04. The summed E-state index contributed by atoms with van der Waals surface area (Å²) in [7, 11) is 1.50. The van der Waals surface area contributed by atoms with Gasteiger partial charge >= 0.3 is 5.97 Å². The number of nitrogens with zero attached hydrogens (tertiary/aromatic N) is 2. The van der Waals surface area contributed by atoms with Gasteiger partial charge in [0.1, 0.15) is 5.54 Å². The Bertz CT molecular complexity index is 650. The van der Waals surface area contributed by atoms with Crippen LogP contribution in [-0.2, 0) is 4.79 Å². The number of hydrogen-bond donors (Lipinski definition) is 1. The minimum Gasteiger partial charge on any atom is -0.479 e. The van der Waals surface area contributed by atoms with Gasteiger partial charge < -0.3 is 10.0 Å². The molecule has 0 unspecified atom stereocenters. The van der Waals surface area contributed by atoms with Gasteiger partial charge in [-0.05, 0) is 31.4 Å². The number of aliphatic carboxylic acids is 1. The van der Waals surface area contributed by atoms with Crippen molar-refractivity contribution < 1.29 is 19.6 Å². The molecule has 0 saturated heterocycles. The van der Waals surface area contributed by atoms with Crippen LogP contribution in [0, 0.1) is 17.0 Å². The van der Waals surface area contributed by atoms with Gasteiger partial charge in [0.25, 0.3) is 11.6 Å². The van der Waals surface area contributed by atoms with Crippen LogP contribution >= 0.6 is 0 Å². The molecule has 1 N–H and O–H groups in total. The fraction of sp³-hybridized carbons (Fsp3) is 0.500. The molecular weight excluding hydrogens is 300 g/mol. The van der Waals surface area contributed by atoms with E-state index in [0.29, 0.717) is 24.0 Å². The maximum absolute atomic E-state index is 12.7. The van der Waals surface area contributed by atoms with Gasteiger partial charge in [0.2, 0.25) is 0 Å². The van der Waals surface area contributed by atoms with E-state index in [-0.39, 0.29) is 5.69 Å². The van der Waals surface area contributed by atoms with Crippen molar-refractivity contribution in [2.75, 3.05) is 7.05 Å². The molecule has 0 atom stereocenters. The Morgan fingerprint density at radius 2 is 1.87 bits per heavy atom. The molecule has 1 aliphatic carbocycles.